The van der Waals surface area contributed by atoms with Gasteiger partial charge in [0.05, 0.1) is 0 Å². The van der Waals surface area contributed by atoms with Gasteiger partial charge >= 0.3 is 0 Å². The van der Waals surface area contributed by atoms with E-state index in [9.17, 15) is 4.79 Å². The molecule has 1 aliphatic heterocycles. The van der Waals surface area contributed by atoms with Crippen LogP contribution in [0.15, 0.2) is 59.6 Å². The third-order valence-electron chi connectivity index (χ3n) is 5.11. The number of benzene rings is 2. The molecular formula is C23H31IN4O2. The molecule has 0 bridgehead atoms. The van der Waals surface area contributed by atoms with Crippen LogP contribution in [0.3, 0.4) is 0 Å². The zero-order chi connectivity index (χ0) is 20.5. The number of para-hydroxylation sites is 1. The summed E-state index contributed by atoms with van der Waals surface area (Å²) >= 11 is 0. The normalized spacial score (nSPS) is 14.6. The lowest BCUT2D eigenvalue weighted by molar-refractivity contribution is 0.0963. The molecule has 0 spiro atoms. The molecule has 30 heavy (non-hydrogen) atoms. The van der Waals surface area contributed by atoms with Crippen LogP contribution in [0.25, 0.3) is 0 Å². The summed E-state index contributed by atoms with van der Waals surface area (Å²) in [5.41, 5.74) is 1.82. The predicted octanol–water partition coefficient (Wildman–Crippen LogP) is 3.33. The highest BCUT2D eigenvalue weighted by Gasteiger charge is 2.22. The van der Waals surface area contributed by atoms with Crippen molar-refractivity contribution in [3.05, 3.63) is 65.7 Å². The quantitative estimate of drug-likeness (QED) is 0.347. The number of amides is 1. The van der Waals surface area contributed by atoms with Crippen molar-refractivity contribution in [2.75, 3.05) is 33.7 Å². The zero-order valence-corrected chi connectivity index (χ0v) is 20.0. The summed E-state index contributed by atoms with van der Waals surface area (Å²) in [4.78, 5) is 18.5. The van der Waals surface area contributed by atoms with Crippen LogP contribution >= 0.6 is 24.0 Å². The first-order chi connectivity index (χ1) is 14.2. The molecule has 0 saturated carbocycles. The monoisotopic (exact) mass is 522 g/mol. The van der Waals surface area contributed by atoms with Crippen LogP contribution in [0.4, 0.5) is 0 Å². The molecule has 7 heteroatoms. The maximum atomic E-state index is 11.8. The van der Waals surface area contributed by atoms with E-state index in [4.69, 9.17) is 4.74 Å². The Hall–Kier alpha value is -2.29. The fourth-order valence-corrected chi connectivity index (χ4v) is 3.54. The number of ether oxygens (including phenoxy) is 1. The maximum Gasteiger partial charge on any atom is 0.251 e. The van der Waals surface area contributed by atoms with Crippen LogP contribution in [0.1, 0.15) is 28.8 Å². The molecule has 0 aliphatic carbocycles. The standard InChI is InChI=1S/C23H30N4O2.HI/c1-24-22(28)19-8-6-7-18(17-19)11-14-26-23(25-2)27-15-12-21(13-16-27)29-20-9-4-3-5-10-20;/h3-10,17,21H,11-16H2,1-2H3,(H,24,28)(H,25,26);1H. The molecule has 1 saturated heterocycles. The summed E-state index contributed by atoms with van der Waals surface area (Å²) in [5, 5.41) is 6.11. The van der Waals surface area contributed by atoms with Gasteiger partial charge in [-0.05, 0) is 36.2 Å². The van der Waals surface area contributed by atoms with Crippen LogP contribution in [0.2, 0.25) is 0 Å². The smallest absolute Gasteiger partial charge is 0.251 e. The number of nitrogens with one attached hydrogen (secondary N) is 2. The number of guanidine groups is 1. The van der Waals surface area contributed by atoms with Crippen LogP contribution in [-0.2, 0) is 6.42 Å². The number of nitrogens with zero attached hydrogens (tertiary/aromatic N) is 2. The number of hydrogen-bond acceptors (Lipinski definition) is 3. The minimum Gasteiger partial charge on any atom is -0.490 e. The fraction of sp³-hybridized carbons (Fsp3) is 0.391. The van der Waals surface area contributed by atoms with Gasteiger partial charge in [-0.2, -0.15) is 0 Å². The lowest BCUT2D eigenvalue weighted by atomic mass is 10.1. The Morgan fingerprint density at radius 2 is 1.87 bits per heavy atom. The molecule has 1 heterocycles. The number of carbonyl (C=O) groups excluding carboxylic acids is 1. The average molecular weight is 522 g/mol. The summed E-state index contributed by atoms with van der Waals surface area (Å²) in [6, 6.07) is 17.8. The van der Waals surface area contributed by atoms with E-state index >= 15 is 0 Å². The van der Waals surface area contributed by atoms with Crippen molar-refractivity contribution >= 4 is 35.8 Å². The number of aliphatic imine (C=N–C) groups is 1. The molecule has 1 aliphatic rings. The van der Waals surface area contributed by atoms with Crippen molar-refractivity contribution in [2.24, 2.45) is 4.99 Å². The van der Waals surface area contributed by atoms with E-state index in [-0.39, 0.29) is 36.0 Å². The second-order valence-corrected chi connectivity index (χ2v) is 7.12. The molecule has 0 aromatic heterocycles. The summed E-state index contributed by atoms with van der Waals surface area (Å²) in [6.45, 7) is 2.61. The number of likely N-dealkylation sites (tertiary alicyclic amines) is 1. The first-order valence-corrected chi connectivity index (χ1v) is 10.2. The molecule has 6 nitrogen and oxygen atoms in total. The lowest BCUT2D eigenvalue weighted by Gasteiger charge is -2.34. The lowest BCUT2D eigenvalue weighted by Crippen LogP contribution is -2.47. The number of carbonyl (C=O) groups is 1. The van der Waals surface area contributed by atoms with Crippen LogP contribution in [0, 0.1) is 0 Å². The van der Waals surface area contributed by atoms with Gasteiger partial charge in [0.25, 0.3) is 5.91 Å². The second kappa shape index (κ2) is 12.4. The van der Waals surface area contributed by atoms with Crippen LogP contribution in [0.5, 0.6) is 5.75 Å². The molecule has 3 rings (SSSR count). The van der Waals surface area contributed by atoms with E-state index in [1.165, 1.54) is 0 Å². The number of piperidine rings is 1. The second-order valence-electron chi connectivity index (χ2n) is 7.12. The minimum absolute atomic E-state index is 0. The number of rotatable bonds is 6. The van der Waals surface area contributed by atoms with E-state index in [1.807, 2.05) is 61.6 Å². The highest BCUT2D eigenvalue weighted by Crippen LogP contribution is 2.18. The van der Waals surface area contributed by atoms with Gasteiger partial charge in [0.1, 0.15) is 11.9 Å². The Morgan fingerprint density at radius 3 is 2.53 bits per heavy atom. The largest absolute Gasteiger partial charge is 0.490 e. The molecule has 0 atom stereocenters. The van der Waals surface area contributed by atoms with Gasteiger partial charge in [-0.1, -0.05) is 30.3 Å². The SMILES string of the molecule is CN=C(NCCc1cccc(C(=O)NC)c1)N1CCC(Oc2ccccc2)CC1.I. The highest BCUT2D eigenvalue weighted by molar-refractivity contribution is 14.0. The molecular weight excluding hydrogens is 491 g/mol. The first-order valence-electron chi connectivity index (χ1n) is 10.2. The zero-order valence-electron chi connectivity index (χ0n) is 17.6. The molecule has 1 fully saturated rings. The van der Waals surface area contributed by atoms with E-state index in [0.29, 0.717) is 5.56 Å². The molecule has 2 aromatic carbocycles. The molecule has 1 amide bonds. The van der Waals surface area contributed by atoms with Crippen molar-refractivity contribution < 1.29 is 9.53 Å². The summed E-state index contributed by atoms with van der Waals surface area (Å²) in [6.07, 6.45) is 3.03. The van der Waals surface area contributed by atoms with Crippen molar-refractivity contribution in [1.82, 2.24) is 15.5 Å². The van der Waals surface area contributed by atoms with Crippen LogP contribution in [-0.4, -0.2) is 56.6 Å². The van der Waals surface area contributed by atoms with Crippen molar-refractivity contribution in [3.63, 3.8) is 0 Å². The fourth-order valence-electron chi connectivity index (χ4n) is 3.54. The average Bonchev–Trinajstić information content (AvgIpc) is 2.78. The molecule has 162 valence electrons. The summed E-state index contributed by atoms with van der Waals surface area (Å²) in [7, 11) is 3.47. The van der Waals surface area contributed by atoms with E-state index < -0.39 is 0 Å². The molecule has 0 unspecified atom stereocenters. The topological polar surface area (TPSA) is 66.0 Å². The van der Waals surface area contributed by atoms with Gasteiger partial charge in [-0.15, -0.1) is 24.0 Å². The third kappa shape index (κ3) is 6.90. The van der Waals surface area contributed by atoms with Crippen molar-refractivity contribution in [1.29, 1.82) is 0 Å². The minimum atomic E-state index is -0.0591. The van der Waals surface area contributed by atoms with Crippen molar-refractivity contribution in [3.8, 4) is 5.75 Å². The number of halogens is 1. The highest BCUT2D eigenvalue weighted by atomic mass is 127. The summed E-state index contributed by atoms with van der Waals surface area (Å²) < 4.78 is 6.08. The Kier molecular flexibility index (Phi) is 9.93. The molecule has 2 aromatic rings. The van der Waals surface area contributed by atoms with Gasteiger partial charge in [0, 0.05) is 52.1 Å². The Labute approximate surface area is 196 Å². The Morgan fingerprint density at radius 1 is 1.13 bits per heavy atom. The Bertz CT molecular complexity index is 821. The first kappa shape index (κ1) is 24.0. The van der Waals surface area contributed by atoms with Gasteiger partial charge in [0.2, 0.25) is 0 Å². The van der Waals surface area contributed by atoms with E-state index in [1.54, 1.807) is 7.05 Å². The molecule has 0 radical (unpaired) electrons. The third-order valence-corrected chi connectivity index (χ3v) is 5.11. The van der Waals surface area contributed by atoms with Gasteiger partial charge < -0.3 is 20.3 Å². The van der Waals surface area contributed by atoms with Crippen LogP contribution < -0.4 is 15.4 Å². The number of hydrogen-bond donors (Lipinski definition) is 2. The maximum absolute atomic E-state index is 11.8. The molecule has 2 N–H and O–H groups in total. The van der Waals surface area contributed by atoms with Crippen molar-refractivity contribution in [2.45, 2.75) is 25.4 Å². The Balaban J connectivity index is 0.00000320. The van der Waals surface area contributed by atoms with Gasteiger partial charge in [-0.25, -0.2) is 0 Å². The van der Waals surface area contributed by atoms with E-state index in [2.05, 4.69) is 20.5 Å². The van der Waals surface area contributed by atoms with E-state index in [0.717, 1.165) is 56.2 Å². The predicted molar refractivity (Wildman–Crippen MR) is 132 cm³/mol. The summed E-state index contributed by atoms with van der Waals surface area (Å²) in [5.74, 6) is 1.80. The van der Waals surface area contributed by atoms with Gasteiger partial charge in [-0.3, -0.25) is 9.79 Å². The van der Waals surface area contributed by atoms with Gasteiger partial charge in [0.15, 0.2) is 5.96 Å².